The van der Waals surface area contributed by atoms with E-state index in [0.29, 0.717) is 12.5 Å². The van der Waals surface area contributed by atoms with Crippen molar-refractivity contribution in [2.45, 2.75) is 88.9 Å². The molecule has 2 N–H and O–H groups in total. The number of nitrogens with one attached hydrogen (secondary N) is 2. The first kappa shape index (κ1) is 33.3. The maximum Gasteiger partial charge on any atom is 0.408 e. The number of halogens is 7. The van der Waals surface area contributed by atoms with Gasteiger partial charge in [-0.1, -0.05) is 5.16 Å². The average Bonchev–Trinajstić information content (AvgIpc) is 3.78. The molecule has 0 spiro atoms. The molecule has 2 amide bonds. The predicted molar refractivity (Wildman–Crippen MR) is 145 cm³/mol. The predicted octanol–water partition coefficient (Wildman–Crippen LogP) is 4.43. The molecule has 3 atom stereocenters. The summed E-state index contributed by atoms with van der Waals surface area (Å²) in [5.41, 5.74) is -2.80. The topological polar surface area (TPSA) is 166 Å². The standard InChI is InChI=1S/C28H28F7N9O4/c1-13-37-19(47-41-13)10-26(9-17(28(33,34)35)39-24(26)46)8-14-7-18-38-16(12-44(18)36-11-14)20(15-3-5-27(31,32)6-4-15)40-23(45)21-22(25(2,29)30)43-48-42-21/h7,11-12,15,17,20H,3-6,8-10H2,1-2H3,(H,39,46)(H,40,45)/t17-,20-,26-/m0/s1. The maximum absolute atomic E-state index is 14.0. The van der Waals surface area contributed by atoms with Gasteiger partial charge in [0.1, 0.15) is 6.04 Å². The zero-order valence-electron chi connectivity index (χ0n) is 25.3. The van der Waals surface area contributed by atoms with E-state index >= 15 is 0 Å². The molecule has 13 nitrogen and oxygen atoms in total. The van der Waals surface area contributed by atoms with Crippen LogP contribution >= 0.6 is 0 Å². The van der Waals surface area contributed by atoms with Gasteiger partial charge in [-0.25, -0.2) is 22.9 Å². The minimum atomic E-state index is -4.71. The summed E-state index contributed by atoms with van der Waals surface area (Å²) in [7, 11) is 0. The first-order chi connectivity index (χ1) is 22.4. The van der Waals surface area contributed by atoms with Crippen LogP contribution in [0.2, 0.25) is 0 Å². The van der Waals surface area contributed by atoms with Crippen LogP contribution in [0.4, 0.5) is 30.7 Å². The van der Waals surface area contributed by atoms with Crippen LogP contribution in [0.1, 0.15) is 84.2 Å². The SMILES string of the molecule is Cc1noc(C[C@]2(Cc3cnn4cc([C@@H](NC(=O)c5nonc5C(C)(F)F)C5CCC(F)(F)CC5)nc4c3)C[C@@H](C(F)(F)F)NC2=O)n1. The second kappa shape index (κ2) is 11.8. The highest BCUT2D eigenvalue weighted by Crippen LogP contribution is 2.43. The van der Waals surface area contributed by atoms with Gasteiger partial charge in [-0.3, -0.25) is 9.59 Å². The van der Waals surface area contributed by atoms with Gasteiger partial charge in [0.2, 0.25) is 23.4 Å². The van der Waals surface area contributed by atoms with Crippen LogP contribution in [-0.2, 0) is 23.6 Å². The van der Waals surface area contributed by atoms with Crippen molar-refractivity contribution in [2.24, 2.45) is 11.3 Å². The first-order valence-electron chi connectivity index (χ1n) is 14.8. The van der Waals surface area contributed by atoms with Crippen molar-refractivity contribution in [1.29, 1.82) is 0 Å². The van der Waals surface area contributed by atoms with E-state index in [9.17, 15) is 40.3 Å². The number of aromatic nitrogens is 7. The molecule has 6 rings (SSSR count). The lowest BCUT2D eigenvalue weighted by Crippen LogP contribution is -2.39. The van der Waals surface area contributed by atoms with Gasteiger partial charge in [-0.2, -0.15) is 32.0 Å². The molecule has 5 heterocycles. The number of carbonyl (C=O) groups excluding carboxylic acids is 2. The van der Waals surface area contributed by atoms with Gasteiger partial charge in [-0.15, -0.1) is 0 Å². The molecule has 2 fully saturated rings. The Kier molecular flexibility index (Phi) is 8.17. The third kappa shape index (κ3) is 6.69. The molecular formula is C28H28F7N9O4. The summed E-state index contributed by atoms with van der Waals surface area (Å²) in [5, 5.41) is 19.0. The molecule has 1 aliphatic carbocycles. The first-order valence-corrected chi connectivity index (χ1v) is 14.8. The molecule has 0 radical (unpaired) electrons. The fraction of sp³-hybridized carbons (Fsp3) is 0.571. The Morgan fingerprint density at radius 3 is 2.48 bits per heavy atom. The molecule has 2 aliphatic rings. The molecule has 258 valence electrons. The number of hydrogen-bond donors (Lipinski definition) is 2. The van der Waals surface area contributed by atoms with E-state index in [1.54, 1.807) is 0 Å². The zero-order valence-corrected chi connectivity index (χ0v) is 25.3. The number of rotatable bonds is 9. The number of fused-ring (bicyclic) bond motifs is 1. The highest BCUT2D eigenvalue weighted by molar-refractivity contribution is 5.93. The van der Waals surface area contributed by atoms with E-state index < -0.39 is 83.9 Å². The summed E-state index contributed by atoms with van der Waals surface area (Å²) in [6.45, 7) is 2.02. The Morgan fingerprint density at radius 2 is 1.85 bits per heavy atom. The van der Waals surface area contributed by atoms with Gasteiger partial charge < -0.3 is 15.2 Å². The van der Waals surface area contributed by atoms with Crippen molar-refractivity contribution < 1.29 is 49.5 Å². The molecule has 1 saturated carbocycles. The fourth-order valence-electron chi connectivity index (χ4n) is 6.35. The monoisotopic (exact) mass is 687 g/mol. The Morgan fingerprint density at radius 1 is 1.12 bits per heavy atom. The number of aryl methyl sites for hydroxylation is 1. The maximum atomic E-state index is 14.0. The van der Waals surface area contributed by atoms with Crippen molar-refractivity contribution in [1.82, 2.24) is 45.7 Å². The zero-order chi connectivity index (χ0) is 34.6. The number of nitrogens with zero attached hydrogens (tertiary/aromatic N) is 7. The second-order valence-electron chi connectivity index (χ2n) is 12.5. The smallest absolute Gasteiger partial charge is 0.344 e. The number of carbonyl (C=O) groups is 2. The van der Waals surface area contributed by atoms with E-state index in [1.165, 1.54) is 29.9 Å². The van der Waals surface area contributed by atoms with Crippen molar-refractivity contribution in [3.8, 4) is 0 Å². The summed E-state index contributed by atoms with van der Waals surface area (Å²) < 4.78 is 108. The largest absolute Gasteiger partial charge is 0.408 e. The lowest BCUT2D eigenvalue weighted by Gasteiger charge is -2.33. The second-order valence-corrected chi connectivity index (χ2v) is 12.5. The molecular weight excluding hydrogens is 659 g/mol. The minimum absolute atomic E-state index is 0.0226. The number of amides is 2. The molecule has 1 saturated heterocycles. The molecule has 4 aromatic rings. The Labute approximate surface area is 266 Å². The quantitative estimate of drug-likeness (QED) is 0.240. The Balaban J connectivity index is 1.31. The van der Waals surface area contributed by atoms with Crippen LogP contribution < -0.4 is 10.6 Å². The Bertz CT molecular complexity index is 1820. The van der Waals surface area contributed by atoms with Gasteiger partial charge in [-0.05, 0) is 60.5 Å². The van der Waals surface area contributed by atoms with Crippen molar-refractivity contribution in [3.05, 3.63) is 52.8 Å². The van der Waals surface area contributed by atoms with Crippen LogP contribution in [-0.4, -0.2) is 65.0 Å². The third-order valence-electron chi connectivity index (χ3n) is 8.73. The highest BCUT2D eigenvalue weighted by Gasteiger charge is 2.56. The summed E-state index contributed by atoms with van der Waals surface area (Å²) >= 11 is 0. The third-order valence-corrected chi connectivity index (χ3v) is 8.73. The van der Waals surface area contributed by atoms with Gasteiger partial charge in [0.05, 0.1) is 29.5 Å². The van der Waals surface area contributed by atoms with Crippen LogP contribution in [0, 0.1) is 18.3 Å². The number of imidazole rings is 1. The van der Waals surface area contributed by atoms with Gasteiger partial charge in [0.15, 0.2) is 17.2 Å². The van der Waals surface area contributed by atoms with Crippen molar-refractivity contribution >= 4 is 17.5 Å². The van der Waals surface area contributed by atoms with E-state index in [0.717, 1.165) is 0 Å². The van der Waals surface area contributed by atoms with Crippen molar-refractivity contribution in [2.75, 3.05) is 0 Å². The average molecular weight is 688 g/mol. The molecule has 4 aromatic heterocycles. The van der Waals surface area contributed by atoms with Crippen molar-refractivity contribution in [3.63, 3.8) is 0 Å². The lowest BCUT2D eigenvalue weighted by molar-refractivity contribution is -0.155. The molecule has 20 heteroatoms. The van der Waals surface area contributed by atoms with E-state index in [-0.39, 0.29) is 48.7 Å². The summed E-state index contributed by atoms with van der Waals surface area (Å²) in [6, 6.07) is -1.69. The van der Waals surface area contributed by atoms with Gasteiger partial charge in [0, 0.05) is 26.2 Å². The number of hydrogen-bond acceptors (Lipinski definition) is 10. The molecule has 48 heavy (non-hydrogen) atoms. The number of alkyl halides is 7. The normalized spacial score (nSPS) is 22.6. The summed E-state index contributed by atoms with van der Waals surface area (Å²) in [4.78, 5) is 34.9. The van der Waals surface area contributed by atoms with Crippen LogP contribution in [0.15, 0.2) is 27.6 Å². The summed E-state index contributed by atoms with van der Waals surface area (Å²) in [5.74, 6) is -8.82. The lowest BCUT2D eigenvalue weighted by atomic mass is 9.76. The van der Waals surface area contributed by atoms with Crippen LogP contribution in [0.3, 0.4) is 0 Å². The highest BCUT2D eigenvalue weighted by atomic mass is 19.4. The van der Waals surface area contributed by atoms with Gasteiger partial charge in [0.25, 0.3) is 11.8 Å². The van der Waals surface area contributed by atoms with E-state index in [4.69, 9.17) is 4.52 Å². The van der Waals surface area contributed by atoms with Crippen LogP contribution in [0.5, 0.6) is 0 Å². The van der Waals surface area contributed by atoms with E-state index in [1.807, 2.05) is 5.32 Å². The minimum Gasteiger partial charge on any atom is -0.344 e. The Hall–Kier alpha value is -4.65. The van der Waals surface area contributed by atoms with Gasteiger partial charge >= 0.3 is 6.18 Å². The molecule has 0 unspecified atom stereocenters. The van der Waals surface area contributed by atoms with Crippen LogP contribution in [0.25, 0.3) is 5.65 Å². The van der Waals surface area contributed by atoms with E-state index in [2.05, 4.69) is 40.5 Å². The molecule has 0 aromatic carbocycles. The molecule has 1 aliphatic heterocycles. The fourth-order valence-corrected chi connectivity index (χ4v) is 6.35. The summed E-state index contributed by atoms with van der Waals surface area (Å²) in [6.07, 6.45) is -4.12. The molecule has 0 bridgehead atoms.